The van der Waals surface area contributed by atoms with Crippen molar-refractivity contribution < 1.29 is 13.9 Å². The quantitative estimate of drug-likeness (QED) is 0.585. The average Bonchev–Trinajstić information content (AvgIpc) is 2.77. The summed E-state index contributed by atoms with van der Waals surface area (Å²) in [5, 5.41) is 3.42. The number of rotatable bonds is 6. The van der Waals surface area contributed by atoms with Gasteiger partial charge in [0, 0.05) is 31.2 Å². The number of amides is 1. The third kappa shape index (κ3) is 5.54. The number of ether oxygens (including phenoxy) is 1. The van der Waals surface area contributed by atoms with Crippen molar-refractivity contribution in [1.29, 1.82) is 0 Å². The molecule has 31 heavy (non-hydrogen) atoms. The molecule has 1 saturated heterocycles. The molecule has 0 spiro atoms. The van der Waals surface area contributed by atoms with Crippen LogP contribution in [0.2, 0.25) is 5.02 Å². The lowest BCUT2D eigenvalue weighted by Gasteiger charge is -2.35. The number of nitrogens with one attached hydrogen (secondary N) is 1. The fourth-order valence-corrected chi connectivity index (χ4v) is 3.72. The molecular weight excluding hydrogens is 417 g/mol. The molecule has 0 radical (unpaired) electrons. The van der Waals surface area contributed by atoms with Gasteiger partial charge in [-0.1, -0.05) is 41.9 Å². The molecular formula is C24H23ClFN3O2. The van der Waals surface area contributed by atoms with Gasteiger partial charge >= 0.3 is 0 Å². The highest BCUT2D eigenvalue weighted by atomic mass is 35.5. The fourth-order valence-electron chi connectivity index (χ4n) is 3.55. The maximum atomic E-state index is 14.0. The van der Waals surface area contributed by atoms with Gasteiger partial charge in [-0.15, -0.1) is 0 Å². The zero-order valence-corrected chi connectivity index (χ0v) is 17.7. The normalized spacial score (nSPS) is 14.3. The van der Waals surface area contributed by atoms with Gasteiger partial charge in [0.2, 0.25) is 5.91 Å². The second kappa shape index (κ2) is 9.81. The van der Waals surface area contributed by atoms with Crippen LogP contribution in [0.1, 0.15) is 0 Å². The third-order valence-corrected chi connectivity index (χ3v) is 5.35. The van der Waals surface area contributed by atoms with Crippen LogP contribution in [0.3, 0.4) is 0 Å². The highest BCUT2D eigenvalue weighted by molar-refractivity contribution is 6.31. The Hall–Kier alpha value is -3.09. The number of piperazine rings is 1. The number of benzene rings is 3. The minimum atomic E-state index is -0.222. The van der Waals surface area contributed by atoms with E-state index in [-0.39, 0.29) is 18.3 Å². The summed E-state index contributed by atoms with van der Waals surface area (Å²) in [6.07, 6.45) is 0. The van der Waals surface area contributed by atoms with Crippen molar-refractivity contribution in [3.05, 3.63) is 83.6 Å². The van der Waals surface area contributed by atoms with E-state index in [1.54, 1.807) is 30.3 Å². The number of carbonyl (C=O) groups is 1. The first-order valence-electron chi connectivity index (χ1n) is 10.1. The summed E-state index contributed by atoms with van der Waals surface area (Å²) in [4.78, 5) is 16.7. The molecule has 4 rings (SSSR count). The molecule has 160 valence electrons. The van der Waals surface area contributed by atoms with Crippen molar-refractivity contribution in [1.82, 2.24) is 4.90 Å². The monoisotopic (exact) mass is 439 g/mol. The van der Waals surface area contributed by atoms with E-state index < -0.39 is 0 Å². The van der Waals surface area contributed by atoms with E-state index in [4.69, 9.17) is 16.3 Å². The van der Waals surface area contributed by atoms with Crippen molar-refractivity contribution in [2.45, 2.75) is 0 Å². The predicted octanol–water partition coefficient (Wildman–Crippen LogP) is 5.03. The SMILES string of the molecule is O=C(CN1CCN(c2ccccc2F)CC1)Nc1cc(Cl)ccc1Oc1ccccc1. The molecule has 1 aliphatic heterocycles. The van der Waals surface area contributed by atoms with Crippen molar-refractivity contribution in [2.75, 3.05) is 42.9 Å². The first-order valence-corrected chi connectivity index (χ1v) is 10.5. The first kappa shape index (κ1) is 21.2. The minimum absolute atomic E-state index is 0.153. The lowest BCUT2D eigenvalue weighted by Crippen LogP contribution is -2.48. The molecule has 0 unspecified atom stereocenters. The summed E-state index contributed by atoms with van der Waals surface area (Å²) in [6.45, 7) is 2.90. The maximum absolute atomic E-state index is 14.0. The second-order valence-corrected chi connectivity index (χ2v) is 7.75. The standard InChI is InChI=1S/C24H23ClFN3O2/c25-18-10-11-23(31-19-6-2-1-3-7-19)21(16-18)27-24(30)17-28-12-14-29(15-13-28)22-9-5-4-8-20(22)26/h1-11,16H,12-15,17H2,(H,27,30). The van der Waals surface area contributed by atoms with Gasteiger partial charge in [0.25, 0.3) is 0 Å². The largest absolute Gasteiger partial charge is 0.455 e. The number of anilines is 2. The lowest BCUT2D eigenvalue weighted by atomic mass is 10.2. The van der Waals surface area contributed by atoms with Gasteiger partial charge < -0.3 is 15.0 Å². The van der Waals surface area contributed by atoms with Gasteiger partial charge in [0.15, 0.2) is 5.75 Å². The molecule has 1 amide bonds. The number of hydrogen-bond acceptors (Lipinski definition) is 4. The molecule has 0 saturated carbocycles. The molecule has 3 aromatic carbocycles. The second-order valence-electron chi connectivity index (χ2n) is 7.32. The number of hydrogen-bond donors (Lipinski definition) is 1. The molecule has 1 fully saturated rings. The van der Waals surface area contributed by atoms with Gasteiger partial charge in [-0.05, 0) is 42.5 Å². The molecule has 0 aromatic heterocycles. The molecule has 5 nitrogen and oxygen atoms in total. The van der Waals surface area contributed by atoms with Crippen LogP contribution in [-0.4, -0.2) is 43.5 Å². The highest BCUT2D eigenvalue weighted by Crippen LogP contribution is 2.32. The van der Waals surface area contributed by atoms with Crippen LogP contribution in [0.4, 0.5) is 15.8 Å². The molecule has 0 bridgehead atoms. The molecule has 1 N–H and O–H groups in total. The summed E-state index contributed by atoms with van der Waals surface area (Å²) < 4.78 is 19.9. The topological polar surface area (TPSA) is 44.8 Å². The van der Waals surface area contributed by atoms with Crippen molar-refractivity contribution in [3.8, 4) is 11.5 Å². The van der Waals surface area contributed by atoms with Crippen molar-refractivity contribution >= 4 is 28.9 Å². The average molecular weight is 440 g/mol. The molecule has 1 heterocycles. The van der Waals surface area contributed by atoms with E-state index in [9.17, 15) is 9.18 Å². The van der Waals surface area contributed by atoms with E-state index in [2.05, 4.69) is 10.2 Å². The number of halogens is 2. The summed E-state index contributed by atoms with van der Waals surface area (Å²) in [5.41, 5.74) is 1.12. The smallest absolute Gasteiger partial charge is 0.238 e. The Labute approximate surface area is 186 Å². The van der Waals surface area contributed by atoms with Crippen LogP contribution in [0.15, 0.2) is 72.8 Å². The van der Waals surface area contributed by atoms with Gasteiger partial charge in [-0.2, -0.15) is 0 Å². The Morgan fingerprint density at radius 1 is 0.968 bits per heavy atom. The van der Waals surface area contributed by atoms with Gasteiger partial charge in [-0.3, -0.25) is 9.69 Å². The Bertz CT molecular complexity index is 1040. The van der Waals surface area contributed by atoms with Gasteiger partial charge in [-0.25, -0.2) is 4.39 Å². The Morgan fingerprint density at radius 2 is 1.68 bits per heavy atom. The van der Waals surface area contributed by atoms with Crippen LogP contribution in [-0.2, 0) is 4.79 Å². The highest BCUT2D eigenvalue weighted by Gasteiger charge is 2.21. The zero-order chi connectivity index (χ0) is 21.6. The Kier molecular flexibility index (Phi) is 6.70. The Balaban J connectivity index is 1.35. The summed E-state index contributed by atoms with van der Waals surface area (Å²) in [5.74, 6) is 0.818. The minimum Gasteiger partial charge on any atom is -0.455 e. The van der Waals surface area contributed by atoms with E-state index in [1.807, 2.05) is 41.3 Å². The van der Waals surface area contributed by atoms with Crippen LogP contribution in [0.5, 0.6) is 11.5 Å². The van der Waals surface area contributed by atoms with Crippen molar-refractivity contribution in [3.63, 3.8) is 0 Å². The summed E-state index contributed by atoms with van der Waals surface area (Å²) >= 11 is 6.13. The van der Waals surface area contributed by atoms with Gasteiger partial charge in [0.1, 0.15) is 11.6 Å². The summed E-state index contributed by atoms with van der Waals surface area (Å²) in [7, 11) is 0. The first-order chi connectivity index (χ1) is 15.1. The van der Waals surface area contributed by atoms with Gasteiger partial charge in [0.05, 0.1) is 17.9 Å². The van der Waals surface area contributed by atoms with E-state index in [1.165, 1.54) is 6.07 Å². The third-order valence-electron chi connectivity index (χ3n) is 5.12. The van der Waals surface area contributed by atoms with Crippen LogP contribution >= 0.6 is 11.6 Å². The van der Waals surface area contributed by atoms with E-state index >= 15 is 0 Å². The molecule has 0 aliphatic carbocycles. The maximum Gasteiger partial charge on any atom is 0.238 e. The van der Waals surface area contributed by atoms with Crippen LogP contribution in [0.25, 0.3) is 0 Å². The van der Waals surface area contributed by atoms with E-state index in [0.29, 0.717) is 54.1 Å². The fraction of sp³-hybridized carbons (Fsp3) is 0.208. The predicted molar refractivity (Wildman–Crippen MR) is 122 cm³/mol. The number of carbonyl (C=O) groups excluding carboxylic acids is 1. The zero-order valence-electron chi connectivity index (χ0n) is 16.9. The lowest BCUT2D eigenvalue weighted by molar-refractivity contribution is -0.117. The molecule has 7 heteroatoms. The Morgan fingerprint density at radius 3 is 2.42 bits per heavy atom. The molecule has 1 aliphatic rings. The number of nitrogens with zero attached hydrogens (tertiary/aromatic N) is 2. The number of para-hydroxylation sites is 2. The van der Waals surface area contributed by atoms with Crippen LogP contribution < -0.4 is 15.0 Å². The summed E-state index contributed by atoms with van der Waals surface area (Å²) in [6, 6.07) is 21.2. The van der Waals surface area contributed by atoms with Crippen molar-refractivity contribution in [2.24, 2.45) is 0 Å². The van der Waals surface area contributed by atoms with E-state index in [0.717, 1.165) is 0 Å². The molecule has 0 atom stereocenters. The van der Waals surface area contributed by atoms with Crippen LogP contribution in [0, 0.1) is 5.82 Å². The molecule has 3 aromatic rings.